The normalized spacial score (nSPS) is 12.4. The first kappa shape index (κ1) is 18.6. The lowest BCUT2D eigenvalue weighted by Gasteiger charge is -2.14. The highest BCUT2D eigenvalue weighted by atomic mass is 79.9. The summed E-state index contributed by atoms with van der Waals surface area (Å²) in [6.45, 7) is 0. The average molecular weight is 399 g/mol. The Morgan fingerprint density at radius 1 is 1.05 bits per heavy atom. The van der Waals surface area contributed by atoms with Crippen molar-refractivity contribution in [2.75, 3.05) is 0 Å². The number of phenols is 1. The van der Waals surface area contributed by atoms with Crippen LogP contribution in [-0.4, -0.2) is 11.5 Å². The van der Waals surface area contributed by atoms with E-state index in [1.807, 2.05) is 0 Å². The number of rotatable bonds is 3. The minimum absolute atomic E-state index is 0. The molecule has 0 aliphatic heterocycles. The third-order valence-corrected chi connectivity index (χ3v) is 3.44. The Morgan fingerprint density at radius 3 is 2.09 bits per heavy atom. The van der Waals surface area contributed by atoms with Crippen LogP contribution in [0.1, 0.15) is 17.2 Å². The molecule has 0 aromatic heterocycles. The number of hydrogen-bond donors (Lipinski definition) is 2. The molecule has 0 bridgehead atoms. The molecule has 0 unspecified atom stereocenters. The third kappa shape index (κ3) is 4.79. The van der Waals surface area contributed by atoms with E-state index in [0.29, 0.717) is 15.6 Å². The zero-order valence-electron chi connectivity index (χ0n) is 11.0. The fourth-order valence-corrected chi connectivity index (χ4v) is 2.18. The number of nitrogens with two attached hydrogens (primary N) is 1. The molecule has 0 amide bonds. The van der Waals surface area contributed by atoms with E-state index >= 15 is 0 Å². The molecule has 2 rings (SSSR count). The van der Waals surface area contributed by atoms with Gasteiger partial charge in [0, 0.05) is 0 Å². The smallest absolute Gasteiger partial charge is 0.507 e. The van der Waals surface area contributed by atoms with Gasteiger partial charge in [-0.3, -0.25) is 0 Å². The molecular weight excluding hydrogens is 387 g/mol. The fourth-order valence-electron chi connectivity index (χ4n) is 1.79. The monoisotopic (exact) mass is 397 g/mol. The molecule has 22 heavy (non-hydrogen) atoms. The molecule has 0 fully saturated rings. The molecule has 0 heterocycles. The van der Waals surface area contributed by atoms with Crippen LogP contribution in [0.25, 0.3) is 0 Å². The van der Waals surface area contributed by atoms with Gasteiger partial charge in [0.15, 0.2) is 0 Å². The second-order valence-corrected chi connectivity index (χ2v) is 5.16. The Balaban J connectivity index is 0.00000242. The number of alkyl halides is 3. The molecule has 0 radical (unpaired) electrons. The van der Waals surface area contributed by atoms with Gasteiger partial charge >= 0.3 is 6.36 Å². The lowest BCUT2D eigenvalue weighted by Crippen LogP contribution is -2.17. The predicted molar refractivity (Wildman–Crippen MR) is 82.2 cm³/mol. The summed E-state index contributed by atoms with van der Waals surface area (Å²) in [6, 6.07) is 9.60. The highest BCUT2D eigenvalue weighted by Crippen LogP contribution is 2.30. The molecular formula is C14H12BrClF3NO2. The van der Waals surface area contributed by atoms with Gasteiger partial charge in [-0.2, -0.15) is 0 Å². The van der Waals surface area contributed by atoms with Gasteiger partial charge in [-0.25, -0.2) is 0 Å². The maximum Gasteiger partial charge on any atom is 0.573 e. The summed E-state index contributed by atoms with van der Waals surface area (Å²) in [5.74, 6) is -0.217. The van der Waals surface area contributed by atoms with E-state index in [1.165, 1.54) is 30.3 Å². The molecule has 3 N–H and O–H groups in total. The zero-order valence-corrected chi connectivity index (χ0v) is 13.4. The van der Waals surface area contributed by atoms with Gasteiger partial charge in [-0.15, -0.1) is 25.6 Å². The highest BCUT2D eigenvalue weighted by Gasteiger charge is 2.31. The van der Waals surface area contributed by atoms with Crippen molar-refractivity contribution in [2.45, 2.75) is 12.4 Å². The SMILES string of the molecule is Cl.N[C@@H](c1ccc(OC(F)(F)F)cc1)c1ccc(O)c(Br)c1. The van der Waals surface area contributed by atoms with Crippen molar-refractivity contribution < 1.29 is 23.0 Å². The van der Waals surface area contributed by atoms with E-state index in [2.05, 4.69) is 20.7 Å². The molecule has 0 saturated carbocycles. The van der Waals surface area contributed by atoms with E-state index in [0.717, 1.165) is 0 Å². The number of aromatic hydroxyl groups is 1. The molecule has 2 aromatic carbocycles. The third-order valence-electron chi connectivity index (χ3n) is 2.80. The summed E-state index contributed by atoms with van der Waals surface area (Å²) >= 11 is 3.18. The number of phenolic OH excluding ortho intramolecular Hbond substituents is 1. The predicted octanol–water partition coefficient (Wildman–Crippen LogP) is 4.52. The summed E-state index contributed by atoms with van der Waals surface area (Å²) in [6.07, 6.45) is -4.72. The lowest BCUT2D eigenvalue weighted by molar-refractivity contribution is -0.274. The zero-order chi connectivity index (χ0) is 15.6. The molecule has 8 heteroatoms. The van der Waals surface area contributed by atoms with Gasteiger partial charge in [0.1, 0.15) is 11.5 Å². The Kier molecular flexibility index (Phi) is 6.10. The van der Waals surface area contributed by atoms with Gasteiger partial charge < -0.3 is 15.6 Å². The van der Waals surface area contributed by atoms with E-state index in [4.69, 9.17) is 5.73 Å². The molecule has 0 aliphatic carbocycles. The molecule has 120 valence electrons. The van der Waals surface area contributed by atoms with E-state index in [1.54, 1.807) is 12.1 Å². The second-order valence-electron chi connectivity index (χ2n) is 4.31. The average Bonchev–Trinajstić information content (AvgIpc) is 2.40. The van der Waals surface area contributed by atoms with Crippen LogP contribution in [0.15, 0.2) is 46.9 Å². The summed E-state index contributed by atoms with van der Waals surface area (Å²) in [5.41, 5.74) is 7.39. The molecule has 3 nitrogen and oxygen atoms in total. The highest BCUT2D eigenvalue weighted by molar-refractivity contribution is 9.10. The van der Waals surface area contributed by atoms with Crippen LogP contribution in [0.4, 0.5) is 13.2 Å². The Bertz CT molecular complexity index is 635. The summed E-state index contributed by atoms with van der Waals surface area (Å²) in [5, 5.41) is 9.43. The van der Waals surface area contributed by atoms with Crippen LogP contribution >= 0.6 is 28.3 Å². The maximum absolute atomic E-state index is 12.1. The van der Waals surface area contributed by atoms with Crippen molar-refractivity contribution in [3.63, 3.8) is 0 Å². The van der Waals surface area contributed by atoms with E-state index in [9.17, 15) is 18.3 Å². The van der Waals surface area contributed by atoms with Crippen LogP contribution in [-0.2, 0) is 0 Å². The molecule has 0 spiro atoms. The van der Waals surface area contributed by atoms with Crippen LogP contribution in [0.3, 0.4) is 0 Å². The first-order valence-corrected chi connectivity index (χ1v) is 6.65. The summed E-state index contributed by atoms with van der Waals surface area (Å²) < 4.78 is 40.5. The van der Waals surface area contributed by atoms with Gasteiger partial charge in [-0.1, -0.05) is 18.2 Å². The van der Waals surface area contributed by atoms with Gasteiger partial charge in [0.25, 0.3) is 0 Å². The van der Waals surface area contributed by atoms with Crippen molar-refractivity contribution >= 4 is 28.3 Å². The van der Waals surface area contributed by atoms with Gasteiger partial charge in [-0.05, 0) is 51.3 Å². The van der Waals surface area contributed by atoms with Crippen molar-refractivity contribution in [2.24, 2.45) is 5.73 Å². The minimum atomic E-state index is -4.72. The van der Waals surface area contributed by atoms with E-state index < -0.39 is 12.4 Å². The number of hydrogen-bond acceptors (Lipinski definition) is 3. The molecule has 1 atom stereocenters. The first-order chi connectivity index (χ1) is 9.76. The second kappa shape index (κ2) is 7.21. The molecule has 0 aliphatic rings. The van der Waals surface area contributed by atoms with Crippen molar-refractivity contribution in [3.05, 3.63) is 58.1 Å². The van der Waals surface area contributed by atoms with Crippen LogP contribution in [0.2, 0.25) is 0 Å². The van der Waals surface area contributed by atoms with Crippen LogP contribution in [0, 0.1) is 0 Å². The number of benzene rings is 2. The number of ether oxygens (including phenoxy) is 1. The van der Waals surface area contributed by atoms with Gasteiger partial charge in [0.05, 0.1) is 10.5 Å². The lowest BCUT2D eigenvalue weighted by atomic mass is 9.99. The summed E-state index contributed by atoms with van der Waals surface area (Å²) in [7, 11) is 0. The quantitative estimate of drug-likeness (QED) is 0.799. The van der Waals surface area contributed by atoms with Crippen LogP contribution < -0.4 is 10.5 Å². The molecule has 2 aromatic rings. The van der Waals surface area contributed by atoms with Gasteiger partial charge in [0.2, 0.25) is 0 Å². The minimum Gasteiger partial charge on any atom is -0.507 e. The fraction of sp³-hybridized carbons (Fsp3) is 0.143. The van der Waals surface area contributed by atoms with Crippen molar-refractivity contribution in [3.8, 4) is 11.5 Å². The summed E-state index contributed by atoms with van der Waals surface area (Å²) in [4.78, 5) is 0. The van der Waals surface area contributed by atoms with Crippen molar-refractivity contribution in [1.29, 1.82) is 0 Å². The Hall–Kier alpha value is -1.44. The van der Waals surface area contributed by atoms with E-state index in [-0.39, 0.29) is 23.9 Å². The largest absolute Gasteiger partial charge is 0.573 e. The Labute approximate surface area is 139 Å². The maximum atomic E-state index is 12.1. The standard InChI is InChI=1S/C14H11BrF3NO2.ClH/c15-11-7-9(3-6-12(11)20)13(19)8-1-4-10(5-2-8)21-14(16,17)18;/h1-7,13,20H,19H2;1H/t13-;/m0./s1. The number of halogens is 5. The van der Waals surface area contributed by atoms with Crippen molar-refractivity contribution in [1.82, 2.24) is 0 Å². The first-order valence-electron chi connectivity index (χ1n) is 5.86. The molecule has 0 saturated heterocycles. The Morgan fingerprint density at radius 2 is 1.59 bits per heavy atom. The topological polar surface area (TPSA) is 55.5 Å². The van der Waals surface area contributed by atoms with Crippen LogP contribution in [0.5, 0.6) is 11.5 Å².